The summed E-state index contributed by atoms with van der Waals surface area (Å²) in [5.74, 6) is -2.00. The molecule has 2 N–H and O–H groups in total. The Balaban J connectivity index is 1.90. The Morgan fingerprint density at radius 1 is 1.04 bits per heavy atom. The average Bonchev–Trinajstić information content (AvgIpc) is 2.55. The van der Waals surface area contributed by atoms with Gasteiger partial charge in [-0.1, -0.05) is 24.3 Å². The first-order valence-electron chi connectivity index (χ1n) is 7.05. The SMILES string of the molecule is N#Cc1ccc(CNCc2cccc(NC(=O)C(F)(F)F)c2)cc1. The number of anilines is 1. The van der Waals surface area contributed by atoms with E-state index in [9.17, 15) is 18.0 Å². The van der Waals surface area contributed by atoms with Crippen molar-refractivity contribution < 1.29 is 18.0 Å². The molecule has 2 aromatic carbocycles. The maximum atomic E-state index is 12.2. The minimum Gasteiger partial charge on any atom is -0.318 e. The topological polar surface area (TPSA) is 64.9 Å². The van der Waals surface area contributed by atoms with Crippen LogP contribution in [0.5, 0.6) is 0 Å². The summed E-state index contributed by atoms with van der Waals surface area (Å²) >= 11 is 0. The maximum absolute atomic E-state index is 12.2. The van der Waals surface area contributed by atoms with Gasteiger partial charge >= 0.3 is 12.1 Å². The number of nitrogens with zero attached hydrogens (tertiary/aromatic N) is 1. The number of hydrogen-bond donors (Lipinski definition) is 2. The largest absolute Gasteiger partial charge is 0.471 e. The van der Waals surface area contributed by atoms with Gasteiger partial charge in [0.1, 0.15) is 0 Å². The number of alkyl halides is 3. The predicted octanol–water partition coefficient (Wildman–Crippen LogP) is 3.35. The molecule has 24 heavy (non-hydrogen) atoms. The molecular weight excluding hydrogens is 319 g/mol. The van der Waals surface area contributed by atoms with Gasteiger partial charge in [-0.25, -0.2) is 0 Å². The van der Waals surface area contributed by atoms with Crippen LogP contribution < -0.4 is 10.6 Å². The van der Waals surface area contributed by atoms with Crippen molar-refractivity contribution in [1.82, 2.24) is 5.32 Å². The Morgan fingerprint density at radius 2 is 1.71 bits per heavy atom. The normalized spacial score (nSPS) is 10.9. The lowest BCUT2D eigenvalue weighted by molar-refractivity contribution is -0.167. The Bertz CT molecular complexity index is 749. The maximum Gasteiger partial charge on any atom is 0.471 e. The smallest absolute Gasteiger partial charge is 0.318 e. The summed E-state index contributed by atoms with van der Waals surface area (Å²) in [5, 5.41) is 13.7. The molecule has 0 fully saturated rings. The van der Waals surface area contributed by atoms with Gasteiger partial charge in [-0.3, -0.25) is 4.79 Å². The van der Waals surface area contributed by atoms with Gasteiger partial charge in [-0.2, -0.15) is 18.4 Å². The van der Waals surface area contributed by atoms with Crippen LogP contribution in [0.4, 0.5) is 18.9 Å². The summed E-state index contributed by atoms with van der Waals surface area (Å²) in [7, 11) is 0. The third-order valence-electron chi connectivity index (χ3n) is 3.18. The summed E-state index contributed by atoms with van der Waals surface area (Å²) in [6.07, 6.45) is -4.91. The van der Waals surface area contributed by atoms with E-state index in [1.54, 1.807) is 24.3 Å². The van der Waals surface area contributed by atoms with Crippen LogP contribution in [0.25, 0.3) is 0 Å². The van der Waals surface area contributed by atoms with Crippen molar-refractivity contribution >= 4 is 11.6 Å². The number of amides is 1. The highest BCUT2D eigenvalue weighted by molar-refractivity contribution is 5.94. The minimum absolute atomic E-state index is 0.0926. The summed E-state index contributed by atoms with van der Waals surface area (Å²) in [5.41, 5.74) is 2.39. The molecule has 0 atom stereocenters. The van der Waals surface area contributed by atoms with Gasteiger partial charge in [0.2, 0.25) is 0 Å². The fourth-order valence-electron chi connectivity index (χ4n) is 2.01. The Labute approximate surface area is 136 Å². The minimum atomic E-state index is -4.91. The number of hydrogen-bond acceptors (Lipinski definition) is 3. The predicted molar refractivity (Wildman–Crippen MR) is 82.8 cm³/mol. The van der Waals surface area contributed by atoms with Crippen molar-refractivity contribution in [3.63, 3.8) is 0 Å². The average molecular weight is 333 g/mol. The van der Waals surface area contributed by atoms with Crippen molar-refractivity contribution in [3.05, 3.63) is 65.2 Å². The molecule has 0 unspecified atom stereocenters. The highest BCUT2D eigenvalue weighted by Crippen LogP contribution is 2.19. The molecule has 2 aromatic rings. The van der Waals surface area contributed by atoms with Crippen molar-refractivity contribution in [1.29, 1.82) is 5.26 Å². The lowest BCUT2D eigenvalue weighted by atomic mass is 10.1. The monoisotopic (exact) mass is 333 g/mol. The zero-order valence-corrected chi connectivity index (χ0v) is 12.5. The van der Waals surface area contributed by atoms with Gasteiger partial charge in [0.05, 0.1) is 11.6 Å². The number of nitrogens with one attached hydrogen (secondary N) is 2. The quantitative estimate of drug-likeness (QED) is 0.882. The van der Waals surface area contributed by atoms with Crippen molar-refractivity contribution in [3.8, 4) is 6.07 Å². The molecule has 0 heterocycles. The Kier molecular flexibility index (Phi) is 5.55. The summed E-state index contributed by atoms with van der Waals surface area (Å²) in [6.45, 7) is 0.973. The van der Waals surface area contributed by atoms with Crippen LogP contribution in [0.15, 0.2) is 48.5 Å². The van der Waals surface area contributed by atoms with E-state index in [1.165, 1.54) is 12.1 Å². The van der Waals surface area contributed by atoms with E-state index in [4.69, 9.17) is 5.26 Å². The molecule has 7 heteroatoms. The summed E-state index contributed by atoms with van der Waals surface area (Å²) in [6, 6.07) is 15.3. The van der Waals surface area contributed by atoms with E-state index in [2.05, 4.69) is 5.32 Å². The molecular formula is C17H14F3N3O. The van der Waals surface area contributed by atoms with Crippen LogP contribution in [0.3, 0.4) is 0 Å². The summed E-state index contributed by atoms with van der Waals surface area (Å²) in [4.78, 5) is 10.9. The third kappa shape index (κ3) is 5.11. The molecule has 124 valence electrons. The summed E-state index contributed by atoms with van der Waals surface area (Å²) < 4.78 is 36.7. The molecule has 0 spiro atoms. The molecule has 0 aliphatic rings. The van der Waals surface area contributed by atoms with Gasteiger partial charge < -0.3 is 10.6 Å². The Morgan fingerprint density at radius 3 is 2.33 bits per heavy atom. The Hall–Kier alpha value is -2.85. The van der Waals surface area contributed by atoms with E-state index in [0.717, 1.165) is 11.1 Å². The van der Waals surface area contributed by atoms with E-state index in [-0.39, 0.29) is 5.69 Å². The fraction of sp³-hybridized carbons (Fsp3) is 0.176. The molecule has 4 nitrogen and oxygen atoms in total. The highest BCUT2D eigenvalue weighted by atomic mass is 19.4. The van der Waals surface area contributed by atoms with E-state index in [0.29, 0.717) is 18.7 Å². The molecule has 0 aromatic heterocycles. The zero-order chi connectivity index (χ0) is 17.6. The number of halogens is 3. The van der Waals surface area contributed by atoms with Gasteiger partial charge in [0, 0.05) is 18.8 Å². The number of rotatable bonds is 5. The molecule has 0 saturated heterocycles. The van der Waals surface area contributed by atoms with E-state index >= 15 is 0 Å². The second-order valence-electron chi connectivity index (χ2n) is 5.06. The van der Waals surface area contributed by atoms with Crippen LogP contribution in [-0.2, 0) is 17.9 Å². The van der Waals surface area contributed by atoms with Crippen LogP contribution in [0, 0.1) is 11.3 Å². The fourth-order valence-corrected chi connectivity index (χ4v) is 2.01. The number of nitriles is 1. The second-order valence-corrected chi connectivity index (χ2v) is 5.06. The van der Waals surface area contributed by atoms with Gasteiger partial charge in [-0.15, -0.1) is 0 Å². The molecule has 1 amide bonds. The van der Waals surface area contributed by atoms with Crippen LogP contribution >= 0.6 is 0 Å². The van der Waals surface area contributed by atoms with E-state index < -0.39 is 12.1 Å². The molecule has 0 radical (unpaired) electrons. The van der Waals surface area contributed by atoms with Crippen molar-refractivity contribution in [2.24, 2.45) is 0 Å². The zero-order valence-electron chi connectivity index (χ0n) is 12.5. The lowest BCUT2D eigenvalue weighted by Gasteiger charge is -2.10. The highest BCUT2D eigenvalue weighted by Gasteiger charge is 2.38. The van der Waals surface area contributed by atoms with Gasteiger partial charge in [0.15, 0.2) is 0 Å². The number of carbonyl (C=O) groups excluding carboxylic acids is 1. The number of carbonyl (C=O) groups is 1. The first-order chi connectivity index (χ1) is 11.4. The van der Waals surface area contributed by atoms with Crippen molar-refractivity contribution in [2.45, 2.75) is 19.3 Å². The van der Waals surface area contributed by atoms with Gasteiger partial charge in [0.25, 0.3) is 0 Å². The molecule has 0 aliphatic carbocycles. The molecule has 0 bridgehead atoms. The standard InChI is InChI=1S/C17H14F3N3O/c18-17(19,20)16(24)23-15-3-1-2-14(8-15)11-22-10-13-6-4-12(9-21)5-7-13/h1-8,22H,10-11H2,(H,23,24). The van der Waals surface area contributed by atoms with Crippen LogP contribution in [0.1, 0.15) is 16.7 Å². The molecule has 2 rings (SSSR count). The van der Waals surface area contributed by atoms with Crippen LogP contribution in [0.2, 0.25) is 0 Å². The lowest BCUT2D eigenvalue weighted by Crippen LogP contribution is -2.29. The van der Waals surface area contributed by atoms with Crippen molar-refractivity contribution in [2.75, 3.05) is 5.32 Å². The second kappa shape index (κ2) is 7.62. The van der Waals surface area contributed by atoms with Crippen LogP contribution in [-0.4, -0.2) is 12.1 Å². The molecule has 0 saturated carbocycles. The first-order valence-corrected chi connectivity index (χ1v) is 7.05. The molecule has 0 aliphatic heterocycles. The van der Waals surface area contributed by atoms with E-state index in [1.807, 2.05) is 23.5 Å². The first kappa shape index (κ1) is 17.5. The third-order valence-corrected chi connectivity index (χ3v) is 3.18. The van der Waals surface area contributed by atoms with Gasteiger partial charge in [-0.05, 0) is 35.4 Å². The number of benzene rings is 2.